The third-order valence-electron chi connectivity index (χ3n) is 3.50. The lowest BCUT2D eigenvalue weighted by atomic mass is 10.0. The zero-order valence-electron chi connectivity index (χ0n) is 12.8. The molecule has 0 amide bonds. The van der Waals surface area contributed by atoms with Crippen LogP contribution in [0.4, 0.5) is 5.82 Å². The van der Waals surface area contributed by atoms with Gasteiger partial charge in [-0.25, -0.2) is 9.97 Å². The highest BCUT2D eigenvalue weighted by Crippen LogP contribution is 2.34. The maximum atomic E-state index is 6.20. The van der Waals surface area contributed by atoms with Gasteiger partial charge >= 0.3 is 0 Å². The molecule has 3 rings (SSSR count). The smallest absolute Gasteiger partial charge is 0.132 e. The van der Waals surface area contributed by atoms with E-state index < -0.39 is 0 Å². The summed E-state index contributed by atoms with van der Waals surface area (Å²) in [5, 5.41) is 1.17. The number of aromatic nitrogens is 3. The molecule has 2 N–H and O–H groups in total. The monoisotopic (exact) mass is 376 g/mol. The molecule has 0 bridgehead atoms. The first-order valence-electron chi connectivity index (χ1n) is 7.15. The fraction of sp³-hybridized carbons (Fsp3) is 0.118. The summed E-state index contributed by atoms with van der Waals surface area (Å²) < 4.78 is 0. The van der Waals surface area contributed by atoms with Gasteiger partial charge in [0.25, 0.3) is 0 Å². The lowest BCUT2D eigenvalue weighted by molar-refractivity contribution is 1.24. The fourth-order valence-corrected chi connectivity index (χ4v) is 3.30. The van der Waals surface area contributed by atoms with Crippen LogP contribution in [0.2, 0.25) is 0 Å². The van der Waals surface area contributed by atoms with E-state index in [-0.39, 0.29) is 0 Å². The maximum Gasteiger partial charge on any atom is 0.132 e. The van der Waals surface area contributed by atoms with Crippen molar-refractivity contribution in [2.45, 2.75) is 13.3 Å². The summed E-state index contributed by atoms with van der Waals surface area (Å²) in [6.45, 7) is 1.77. The Labute approximate surface area is 154 Å². The van der Waals surface area contributed by atoms with Crippen LogP contribution in [0.1, 0.15) is 11.8 Å². The lowest BCUT2D eigenvalue weighted by Gasteiger charge is -2.08. The van der Waals surface area contributed by atoms with E-state index in [9.17, 15) is 0 Å². The highest BCUT2D eigenvalue weighted by molar-refractivity contribution is 7.10. The number of hydrogen-bond acceptors (Lipinski definition) is 5. The van der Waals surface area contributed by atoms with Gasteiger partial charge in [0.05, 0.1) is 11.2 Å². The molecule has 0 fully saturated rings. The molecule has 3 heterocycles. The SMILES string of the molecule is C/C(Cl)=C(/Cl)Cc1scnc1-c1cc(-c2cccnc2)cnc1N. The highest BCUT2D eigenvalue weighted by Gasteiger charge is 2.15. The van der Waals surface area contributed by atoms with Crippen LogP contribution in [-0.2, 0) is 6.42 Å². The number of anilines is 1. The van der Waals surface area contributed by atoms with Gasteiger partial charge < -0.3 is 5.73 Å². The van der Waals surface area contributed by atoms with Crippen LogP contribution in [0.5, 0.6) is 0 Å². The van der Waals surface area contributed by atoms with Crippen LogP contribution in [0.15, 0.2) is 52.4 Å². The first-order valence-corrected chi connectivity index (χ1v) is 8.79. The maximum absolute atomic E-state index is 6.20. The van der Waals surface area contributed by atoms with E-state index in [1.807, 2.05) is 18.2 Å². The Morgan fingerprint density at radius 1 is 1.21 bits per heavy atom. The Morgan fingerprint density at radius 2 is 2.04 bits per heavy atom. The molecule has 0 aromatic carbocycles. The molecular weight excluding hydrogens is 363 g/mol. The topological polar surface area (TPSA) is 64.7 Å². The standard InChI is InChI=1S/C17H14Cl2N4S/c1-10(18)14(19)6-15-16(23-9-24-15)13-5-12(8-22-17(13)20)11-3-2-4-21-7-11/h2-5,7-9H,6H2,1H3,(H2,20,22)/b14-10-. The van der Waals surface area contributed by atoms with Crippen molar-refractivity contribution in [2.75, 3.05) is 5.73 Å². The zero-order valence-corrected chi connectivity index (χ0v) is 15.2. The van der Waals surface area contributed by atoms with Gasteiger partial charge in [-0.05, 0) is 19.1 Å². The summed E-state index contributed by atoms with van der Waals surface area (Å²) in [6, 6.07) is 5.83. The molecule has 0 aliphatic rings. The van der Waals surface area contributed by atoms with Crippen molar-refractivity contribution in [2.24, 2.45) is 0 Å². The second-order valence-electron chi connectivity index (χ2n) is 5.14. The molecule has 0 saturated heterocycles. The summed E-state index contributed by atoms with van der Waals surface area (Å²) in [6.07, 6.45) is 5.77. The molecule has 4 nitrogen and oxygen atoms in total. The van der Waals surface area contributed by atoms with Crippen LogP contribution in [0, 0.1) is 0 Å². The molecule has 0 radical (unpaired) electrons. The third kappa shape index (κ3) is 3.59. The number of halogens is 2. The number of nitrogen functional groups attached to an aromatic ring is 1. The van der Waals surface area contributed by atoms with E-state index >= 15 is 0 Å². The Hall–Kier alpha value is -1.95. The number of nitrogens with zero attached hydrogens (tertiary/aromatic N) is 3. The van der Waals surface area contributed by atoms with Crippen molar-refractivity contribution >= 4 is 40.4 Å². The highest BCUT2D eigenvalue weighted by atomic mass is 35.5. The van der Waals surface area contributed by atoms with E-state index in [4.69, 9.17) is 28.9 Å². The Morgan fingerprint density at radius 3 is 2.75 bits per heavy atom. The van der Waals surface area contributed by atoms with Gasteiger partial charge in [0.2, 0.25) is 0 Å². The molecule has 0 spiro atoms. The van der Waals surface area contributed by atoms with Gasteiger partial charge in [-0.3, -0.25) is 4.98 Å². The number of hydrogen-bond donors (Lipinski definition) is 1. The minimum absolute atomic E-state index is 0.428. The number of nitrogens with two attached hydrogens (primary N) is 1. The molecule has 3 aromatic heterocycles. The molecule has 0 aliphatic carbocycles. The quantitative estimate of drug-likeness (QED) is 0.687. The first-order chi connectivity index (χ1) is 11.6. The van der Waals surface area contributed by atoms with E-state index in [0.717, 1.165) is 27.3 Å². The molecule has 0 unspecified atom stereocenters. The van der Waals surface area contributed by atoms with Gasteiger partial charge in [0.1, 0.15) is 5.82 Å². The summed E-state index contributed by atoms with van der Waals surface area (Å²) >= 11 is 13.7. The second kappa shape index (κ2) is 7.30. The van der Waals surface area contributed by atoms with Gasteiger partial charge in [0.15, 0.2) is 0 Å². The molecular formula is C17H14Cl2N4S. The Kier molecular flexibility index (Phi) is 5.14. The van der Waals surface area contributed by atoms with Crippen molar-refractivity contribution < 1.29 is 0 Å². The first kappa shape index (κ1) is 16.9. The number of rotatable bonds is 4. The van der Waals surface area contributed by atoms with Crippen molar-refractivity contribution in [3.63, 3.8) is 0 Å². The number of pyridine rings is 2. The van der Waals surface area contributed by atoms with Crippen molar-refractivity contribution in [3.05, 3.63) is 57.2 Å². The van der Waals surface area contributed by atoms with E-state index in [1.165, 1.54) is 11.3 Å². The minimum Gasteiger partial charge on any atom is -0.383 e. The summed E-state index contributed by atoms with van der Waals surface area (Å²) in [5.41, 5.74) is 11.3. The van der Waals surface area contributed by atoms with Crippen LogP contribution in [0.25, 0.3) is 22.4 Å². The van der Waals surface area contributed by atoms with Crippen LogP contribution < -0.4 is 5.73 Å². The minimum atomic E-state index is 0.428. The van der Waals surface area contributed by atoms with Crippen molar-refractivity contribution in [3.8, 4) is 22.4 Å². The average molecular weight is 377 g/mol. The summed E-state index contributed by atoms with van der Waals surface area (Å²) in [4.78, 5) is 13.9. The van der Waals surface area contributed by atoms with Gasteiger partial charge in [-0.2, -0.15) is 0 Å². The van der Waals surface area contributed by atoms with Gasteiger partial charge in [-0.15, -0.1) is 11.3 Å². The van der Waals surface area contributed by atoms with Crippen molar-refractivity contribution in [1.29, 1.82) is 0 Å². The Balaban J connectivity index is 2.05. The van der Waals surface area contributed by atoms with E-state index in [0.29, 0.717) is 22.3 Å². The third-order valence-corrected chi connectivity index (χ3v) is 5.07. The predicted octanol–water partition coefficient (Wildman–Crippen LogP) is 5.10. The van der Waals surface area contributed by atoms with Gasteiger partial charge in [0, 0.05) is 56.6 Å². The van der Waals surface area contributed by atoms with Crippen LogP contribution in [0.3, 0.4) is 0 Å². The molecule has 3 aromatic rings. The molecule has 24 heavy (non-hydrogen) atoms. The van der Waals surface area contributed by atoms with E-state index in [2.05, 4.69) is 15.0 Å². The summed E-state index contributed by atoms with van der Waals surface area (Å²) in [7, 11) is 0. The number of allylic oxidation sites excluding steroid dienone is 2. The Bertz CT molecular complexity index is 887. The van der Waals surface area contributed by atoms with Gasteiger partial charge in [-0.1, -0.05) is 29.3 Å². The van der Waals surface area contributed by atoms with Crippen LogP contribution >= 0.6 is 34.5 Å². The zero-order chi connectivity index (χ0) is 17.1. The molecule has 0 saturated carbocycles. The largest absolute Gasteiger partial charge is 0.383 e. The van der Waals surface area contributed by atoms with Crippen molar-refractivity contribution in [1.82, 2.24) is 15.0 Å². The molecule has 7 heteroatoms. The normalized spacial score (nSPS) is 12.1. The van der Waals surface area contributed by atoms with E-state index in [1.54, 1.807) is 31.0 Å². The van der Waals surface area contributed by atoms with Crippen LogP contribution in [-0.4, -0.2) is 15.0 Å². The lowest BCUT2D eigenvalue weighted by Crippen LogP contribution is -1.97. The predicted molar refractivity (Wildman–Crippen MR) is 101 cm³/mol. The fourth-order valence-electron chi connectivity index (χ4n) is 2.23. The molecule has 122 valence electrons. The molecule has 0 atom stereocenters. The average Bonchev–Trinajstić information content (AvgIpc) is 3.04. The summed E-state index contributed by atoms with van der Waals surface area (Å²) in [5.74, 6) is 0.428. The molecule has 0 aliphatic heterocycles. The second-order valence-corrected chi connectivity index (χ2v) is 7.10. The number of thiazole rings is 1.